The van der Waals surface area contributed by atoms with Gasteiger partial charge < -0.3 is 9.47 Å². The van der Waals surface area contributed by atoms with Crippen LogP contribution in [-0.4, -0.2) is 31.3 Å². The highest BCUT2D eigenvalue weighted by atomic mass is 19.1. The Hall–Kier alpha value is -2.56. The van der Waals surface area contributed by atoms with Gasteiger partial charge >= 0.3 is 6.09 Å². The molecule has 1 aliphatic heterocycles. The molecule has 2 aromatic rings. The Labute approximate surface area is 139 Å². The maximum Gasteiger partial charge on any atom is 0.410 e. The van der Waals surface area contributed by atoms with Crippen LogP contribution in [0.4, 0.5) is 9.18 Å². The number of benzene rings is 2. The smallest absolute Gasteiger partial charge is 0.410 e. The number of ether oxygens (including phenoxy) is 2. The van der Waals surface area contributed by atoms with Crippen molar-refractivity contribution in [2.45, 2.75) is 19.4 Å². The monoisotopic (exact) mass is 327 g/mol. The first-order valence-electron chi connectivity index (χ1n) is 8.08. The second-order valence-corrected chi connectivity index (χ2v) is 5.99. The van der Waals surface area contributed by atoms with Crippen LogP contribution < -0.4 is 4.74 Å². The fourth-order valence-electron chi connectivity index (χ4n) is 3.86. The lowest BCUT2D eigenvalue weighted by Gasteiger charge is -2.34. The van der Waals surface area contributed by atoms with Crippen LogP contribution in [0.1, 0.15) is 29.7 Å². The van der Waals surface area contributed by atoms with Crippen LogP contribution in [0.25, 0.3) is 11.1 Å². The van der Waals surface area contributed by atoms with Crippen LogP contribution in [0.3, 0.4) is 0 Å². The van der Waals surface area contributed by atoms with Crippen LogP contribution in [0, 0.1) is 5.82 Å². The molecule has 1 aliphatic carbocycles. The summed E-state index contributed by atoms with van der Waals surface area (Å²) in [6, 6.07) is 8.40. The number of hydrogen-bond acceptors (Lipinski definition) is 3. The van der Waals surface area contributed by atoms with E-state index in [4.69, 9.17) is 9.47 Å². The minimum atomic E-state index is -0.362. The second kappa shape index (κ2) is 5.51. The van der Waals surface area contributed by atoms with Crippen molar-refractivity contribution in [1.82, 2.24) is 4.90 Å². The Morgan fingerprint density at radius 3 is 2.92 bits per heavy atom. The lowest BCUT2D eigenvalue weighted by atomic mass is 9.91. The van der Waals surface area contributed by atoms with Crippen molar-refractivity contribution in [3.05, 3.63) is 52.8 Å². The molecule has 1 unspecified atom stereocenters. The summed E-state index contributed by atoms with van der Waals surface area (Å²) in [5.74, 6) is 0.436. The summed E-state index contributed by atoms with van der Waals surface area (Å²) in [5, 5.41) is 0. The van der Waals surface area contributed by atoms with Gasteiger partial charge in [-0.2, -0.15) is 0 Å². The van der Waals surface area contributed by atoms with Crippen molar-refractivity contribution in [3.63, 3.8) is 0 Å². The van der Waals surface area contributed by atoms with E-state index in [1.54, 1.807) is 25.0 Å². The Kier molecular flexibility index (Phi) is 3.44. The predicted octanol–water partition coefficient (Wildman–Crippen LogP) is 3.92. The van der Waals surface area contributed by atoms with Gasteiger partial charge in [0.2, 0.25) is 0 Å². The SMILES string of the molecule is CCOC(=O)N1CCc2ccc(OC)c3c2C1c1cc(F)ccc1-3. The number of carbonyl (C=O) groups excluding carboxylic acids is 1. The van der Waals surface area contributed by atoms with Crippen molar-refractivity contribution in [2.24, 2.45) is 0 Å². The molecule has 1 amide bonds. The lowest BCUT2D eigenvalue weighted by molar-refractivity contribution is 0.0945. The molecule has 0 saturated carbocycles. The van der Waals surface area contributed by atoms with Crippen LogP contribution in [0.15, 0.2) is 30.3 Å². The van der Waals surface area contributed by atoms with E-state index in [9.17, 15) is 9.18 Å². The normalized spacial score (nSPS) is 17.3. The topological polar surface area (TPSA) is 38.8 Å². The largest absolute Gasteiger partial charge is 0.496 e. The zero-order chi connectivity index (χ0) is 16.8. The van der Waals surface area contributed by atoms with Crippen LogP contribution in [0.5, 0.6) is 5.75 Å². The molecule has 124 valence electrons. The number of amides is 1. The fourth-order valence-corrected chi connectivity index (χ4v) is 3.86. The predicted molar refractivity (Wildman–Crippen MR) is 87.7 cm³/mol. The van der Waals surface area contributed by atoms with E-state index in [2.05, 4.69) is 0 Å². The van der Waals surface area contributed by atoms with E-state index < -0.39 is 0 Å². The summed E-state index contributed by atoms with van der Waals surface area (Å²) in [7, 11) is 1.63. The molecule has 2 aromatic carbocycles. The van der Waals surface area contributed by atoms with Crippen molar-refractivity contribution in [1.29, 1.82) is 0 Å². The van der Waals surface area contributed by atoms with Gasteiger partial charge in [-0.05, 0) is 53.8 Å². The summed E-state index contributed by atoms with van der Waals surface area (Å²) < 4.78 is 24.7. The van der Waals surface area contributed by atoms with Crippen LogP contribution in [0.2, 0.25) is 0 Å². The van der Waals surface area contributed by atoms with Gasteiger partial charge in [0, 0.05) is 12.1 Å². The number of fused-ring (bicyclic) bond motifs is 3. The highest BCUT2D eigenvalue weighted by molar-refractivity contribution is 5.86. The van der Waals surface area contributed by atoms with E-state index in [0.717, 1.165) is 34.4 Å². The van der Waals surface area contributed by atoms with Crippen molar-refractivity contribution < 1.29 is 18.7 Å². The Morgan fingerprint density at radius 2 is 2.17 bits per heavy atom. The molecule has 2 aliphatic rings. The van der Waals surface area contributed by atoms with Gasteiger partial charge in [0.15, 0.2) is 0 Å². The third-order valence-corrected chi connectivity index (χ3v) is 4.80. The zero-order valence-corrected chi connectivity index (χ0v) is 13.6. The molecule has 0 spiro atoms. The summed E-state index contributed by atoms with van der Waals surface area (Å²) in [6.07, 6.45) is 0.386. The highest BCUT2D eigenvalue weighted by Crippen LogP contribution is 2.53. The first-order valence-corrected chi connectivity index (χ1v) is 8.08. The van der Waals surface area contributed by atoms with E-state index in [-0.39, 0.29) is 18.0 Å². The van der Waals surface area contributed by atoms with Gasteiger partial charge in [-0.3, -0.25) is 4.90 Å². The molecule has 1 atom stereocenters. The van der Waals surface area contributed by atoms with Crippen molar-refractivity contribution in [2.75, 3.05) is 20.3 Å². The van der Waals surface area contributed by atoms with E-state index in [1.807, 2.05) is 12.1 Å². The quantitative estimate of drug-likeness (QED) is 0.839. The molecule has 0 fully saturated rings. The van der Waals surface area contributed by atoms with Gasteiger partial charge in [0.1, 0.15) is 11.6 Å². The van der Waals surface area contributed by atoms with Gasteiger partial charge in [-0.1, -0.05) is 12.1 Å². The third-order valence-electron chi connectivity index (χ3n) is 4.80. The summed E-state index contributed by atoms with van der Waals surface area (Å²) >= 11 is 0. The molecule has 0 saturated heterocycles. The number of carbonyl (C=O) groups is 1. The molecule has 0 aromatic heterocycles. The molecular formula is C19H18FNO3. The van der Waals surface area contributed by atoms with E-state index in [0.29, 0.717) is 13.2 Å². The minimum absolute atomic E-state index is 0.309. The van der Waals surface area contributed by atoms with Gasteiger partial charge in [-0.15, -0.1) is 0 Å². The zero-order valence-electron chi connectivity index (χ0n) is 13.6. The number of nitrogens with zero attached hydrogens (tertiary/aromatic N) is 1. The third kappa shape index (κ3) is 2.00. The molecule has 1 heterocycles. The Bertz CT molecular complexity index is 834. The molecular weight excluding hydrogens is 309 g/mol. The van der Waals surface area contributed by atoms with Crippen LogP contribution in [-0.2, 0) is 11.2 Å². The lowest BCUT2D eigenvalue weighted by Crippen LogP contribution is -2.40. The molecule has 4 rings (SSSR count). The fraction of sp³-hybridized carbons (Fsp3) is 0.316. The number of hydrogen-bond donors (Lipinski definition) is 0. The summed E-state index contributed by atoms with van der Waals surface area (Å²) in [6.45, 7) is 2.65. The first-order chi connectivity index (χ1) is 11.7. The molecule has 0 N–H and O–H groups in total. The molecule has 0 bridgehead atoms. The van der Waals surface area contributed by atoms with E-state index in [1.165, 1.54) is 17.7 Å². The molecule has 4 nitrogen and oxygen atoms in total. The average molecular weight is 327 g/mol. The first kappa shape index (κ1) is 15.0. The summed E-state index contributed by atoms with van der Waals surface area (Å²) in [5.41, 5.74) is 4.89. The van der Waals surface area contributed by atoms with Gasteiger partial charge in [0.25, 0.3) is 0 Å². The minimum Gasteiger partial charge on any atom is -0.496 e. The second-order valence-electron chi connectivity index (χ2n) is 5.99. The maximum atomic E-state index is 13.9. The Balaban J connectivity index is 1.96. The highest BCUT2D eigenvalue weighted by Gasteiger charge is 2.42. The Morgan fingerprint density at radius 1 is 1.33 bits per heavy atom. The van der Waals surface area contributed by atoms with Gasteiger partial charge in [-0.25, -0.2) is 9.18 Å². The standard InChI is InChI=1S/C19H18FNO3/c1-3-24-19(22)21-9-8-11-4-7-15(23-2)17-13-6-5-12(20)10-14(13)18(21)16(11)17/h4-7,10,18H,3,8-9H2,1-2H3. The number of rotatable bonds is 2. The van der Waals surface area contributed by atoms with E-state index >= 15 is 0 Å². The molecule has 5 heteroatoms. The molecule has 24 heavy (non-hydrogen) atoms. The summed E-state index contributed by atoms with van der Waals surface area (Å²) in [4.78, 5) is 14.1. The average Bonchev–Trinajstić information content (AvgIpc) is 2.92. The molecule has 0 radical (unpaired) electrons. The number of halogens is 1. The van der Waals surface area contributed by atoms with Gasteiger partial charge in [0.05, 0.1) is 19.8 Å². The van der Waals surface area contributed by atoms with Crippen molar-refractivity contribution >= 4 is 6.09 Å². The maximum absolute atomic E-state index is 13.9. The van der Waals surface area contributed by atoms with Crippen molar-refractivity contribution in [3.8, 4) is 16.9 Å². The number of methoxy groups -OCH3 is 1. The van der Waals surface area contributed by atoms with Crippen LogP contribution >= 0.6 is 0 Å².